The van der Waals surface area contributed by atoms with E-state index in [2.05, 4.69) is 4.98 Å². The monoisotopic (exact) mass is 419 g/mol. The SMILES string of the molecule is CCc1[nH]c(=O)c(I)c(C(=O)O)c1I. The summed E-state index contributed by atoms with van der Waals surface area (Å²) in [5.41, 5.74) is 0.445. The van der Waals surface area contributed by atoms with E-state index in [1.54, 1.807) is 22.6 Å². The molecule has 76 valence electrons. The van der Waals surface area contributed by atoms with Crippen molar-refractivity contribution in [1.29, 1.82) is 0 Å². The second-order valence-corrected chi connectivity index (χ2v) is 4.75. The number of pyridine rings is 1. The molecule has 0 aliphatic rings. The van der Waals surface area contributed by atoms with Crippen LogP contribution >= 0.6 is 45.2 Å². The minimum atomic E-state index is -1.06. The molecule has 1 heterocycles. The lowest BCUT2D eigenvalue weighted by Gasteiger charge is -2.06. The van der Waals surface area contributed by atoms with Gasteiger partial charge in [0.25, 0.3) is 5.56 Å². The number of aromatic amines is 1. The fourth-order valence-corrected chi connectivity index (χ4v) is 3.21. The highest BCUT2D eigenvalue weighted by Crippen LogP contribution is 2.18. The van der Waals surface area contributed by atoms with Crippen LogP contribution in [0.3, 0.4) is 0 Å². The maximum atomic E-state index is 11.3. The molecule has 0 bridgehead atoms. The Kier molecular flexibility index (Phi) is 3.93. The van der Waals surface area contributed by atoms with E-state index in [9.17, 15) is 9.59 Å². The molecule has 0 aliphatic heterocycles. The van der Waals surface area contributed by atoms with Gasteiger partial charge in [0.05, 0.1) is 9.13 Å². The quantitative estimate of drug-likeness (QED) is 0.720. The molecule has 6 heteroatoms. The zero-order valence-corrected chi connectivity index (χ0v) is 11.5. The lowest BCUT2D eigenvalue weighted by atomic mass is 10.2. The van der Waals surface area contributed by atoms with Gasteiger partial charge in [-0.1, -0.05) is 6.92 Å². The minimum Gasteiger partial charge on any atom is -0.478 e. The van der Waals surface area contributed by atoms with Gasteiger partial charge in [0.1, 0.15) is 0 Å². The molecule has 0 unspecified atom stereocenters. The molecular weight excluding hydrogens is 412 g/mol. The second kappa shape index (κ2) is 4.60. The van der Waals surface area contributed by atoms with Gasteiger partial charge in [-0.3, -0.25) is 4.79 Å². The van der Waals surface area contributed by atoms with Crippen LogP contribution in [0.25, 0.3) is 0 Å². The van der Waals surface area contributed by atoms with Gasteiger partial charge in [0.15, 0.2) is 0 Å². The van der Waals surface area contributed by atoms with Crippen LogP contribution in [0.15, 0.2) is 4.79 Å². The first-order valence-corrected chi connectivity index (χ1v) is 5.98. The second-order valence-electron chi connectivity index (χ2n) is 2.59. The molecule has 0 saturated carbocycles. The first kappa shape index (κ1) is 12.0. The third kappa shape index (κ3) is 2.10. The van der Waals surface area contributed by atoms with E-state index in [1.807, 2.05) is 29.5 Å². The summed E-state index contributed by atoms with van der Waals surface area (Å²) < 4.78 is 0.846. The van der Waals surface area contributed by atoms with Gasteiger partial charge < -0.3 is 10.1 Å². The molecule has 2 N–H and O–H groups in total. The van der Waals surface area contributed by atoms with E-state index in [0.29, 0.717) is 15.7 Å². The molecule has 0 aliphatic carbocycles. The number of carboxylic acids is 1. The predicted molar refractivity (Wildman–Crippen MR) is 68.8 cm³/mol. The van der Waals surface area contributed by atoms with Crippen molar-refractivity contribution in [3.05, 3.63) is 28.8 Å². The Balaban J connectivity index is 3.61. The van der Waals surface area contributed by atoms with Crippen molar-refractivity contribution < 1.29 is 9.90 Å². The van der Waals surface area contributed by atoms with Crippen LogP contribution in [0.5, 0.6) is 0 Å². The number of aryl methyl sites for hydroxylation is 1. The maximum Gasteiger partial charge on any atom is 0.338 e. The zero-order valence-electron chi connectivity index (χ0n) is 7.23. The average Bonchev–Trinajstić information content (AvgIpc) is 2.11. The molecule has 0 spiro atoms. The number of halogens is 2. The largest absolute Gasteiger partial charge is 0.478 e. The van der Waals surface area contributed by atoms with E-state index in [0.717, 1.165) is 0 Å². The number of nitrogens with one attached hydrogen (secondary N) is 1. The smallest absolute Gasteiger partial charge is 0.338 e. The van der Waals surface area contributed by atoms with Crippen LogP contribution in [0, 0.1) is 7.14 Å². The van der Waals surface area contributed by atoms with Crippen LogP contribution in [0.4, 0.5) is 0 Å². The fraction of sp³-hybridized carbons (Fsp3) is 0.250. The Morgan fingerprint density at radius 2 is 2.00 bits per heavy atom. The van der Waals surface area contributed by atoms with E-state index in [-0.39, 0.29) is 14.7 Å². The van der Waals surface area contributed by atoms with Crippen LogP contribution in [0.2, 0.25) is 0 Å². The summed E-state index contributed by atoms with van der Waals surface area (Å²) in [5.74, 6) is -1.06. The number of rotatable bonds is 2. The molecule has 0 atom stereocenters. The topological polar surface area (TPSA) is 70.2 Å². The van der Waals surface area contributed by atoms with Crippen molar-refractivity contribution >= 4 is 51.2 Å². The lowest BCUT2D eigenvalue weighted by Crippen LogP contribution is -2.20. The van der Waals surface area contributed by atoms with Crippen LogP contribution in [-0.2, 0) is 6.42 Å². The molecule has 0 saturated heterocycles. The van der Waals surface area contributed by atoms with Crippen LogP contribution < -0.4 is 5.56 Å². The minimum absolute atomic E-state index is 0.104. The van der Waals surface area contributed by atoms with E-state index < -0.39 is 5.97 Å². The Morgan fingerprint density at radius 1 is 1.43 bits per heavy atom. The first-order chi connectivity index (χ1) is 6.49. The van der Waals surface area contributed by atoms with Gasteiger partial charge in [-0.2, -0.15) is 0 Å². The van der Waals surface area contributed by atoms with Crippen molar-refractivity contribution in [1.82, 2.24) is 4.98 Å². The number of aromatic carboxylic acids is 1. The highest BCUT2D eigenvalue weighted by atomic mass is 127. The fourth-order valence-electron chi connectivity index (χ4n) is 1.04. The van der Waals surface area contributed by atoms with Crippen LogP contribution in [0.1, 0.15) is 23.0 Å². The molecule has 0 aromatic carbocycles. The Hall–Kier alpha value is -0.120. The summed E-state index contributed by atoms with van der Waals surface area (Å²) in [4.78, 5) is 24.9. The molecule has 1 aromatic rings. The Bertz CT molecular complexity index is 439. The van der Waals surface area contributed by atoms with Crippen LogP contribution in [-0.4, -0.2) is 16.1 Å². The van der Waals surface area contributed by atoms with Crippen molar-refractivity contribution in [3.63, 3.8) is 0 Å². The predicted octanol–water partition coefficient (Wildman–Crippen LogP) is 1.84. The zero-order chi connectivity index (χ0) is 10.9. The number of carbonyl (C=O) groups is 1. The van der Waals surface area contributed by atoms with Gasteiger partial charge in [-0.25, -0.2) is 4.79 Å². The van der Waals surface area contributed by atoms with Gasteiger partial charge >= 0.3 is 5.97 Å². The van der Waals surface area contributed by atoms with E-state index >= 15 is 0 Å². The highest BCUT2D eigenvalue weighted by molar-refractivity contribution is 14.1. The summed E-state index contributed by atoms with van der Waals surface area (Å²) in [7, 11) is 0. The Labute approximate surface area is 107 Å². The molecule has 0 fully saturated rings. The normalized spacial score (nSPS) is 10.2. The van der Waals surface area contributed by atoms with Gasteiger partial charge in [-0.05, 0) is 51.6 Å². The number of aromatic nitrogens is 1. The van der Waals surface area contributed by atoms with E-state index in [4.69, 9.17) is 5.11 Å². The summed E-state index contributed by atoms with van der Waals surface area (Å²) in [6, 6.07) is 0. The molecule has 14 heavy (non-hydrogen) atoms. The highest BCUT2D eigenvalue weighted by Gasteiger charge is 2.18. The van der Waals surface area contributed by atoms with Crippen molar-refractivity contribution in [2.45, 2.75) is 13.3 Å². The molecule has 1 aromatic heterocycles. The number of hydrogen-bond acceptors (Lipinski definition) is 2. The first-order valence-electron chi connectivity index (χ1n) is 3.82. The number of hydrogen-bond donors (Lipinski definition) is 2. The van der Waals surface area contributed by atoms with Gasteiger partial charge in [-0.15, -0.1) is 0 Å². The number of H-pyrrole nitrogens is 1. The Morgan fingerprint density at radius 3 is 2.43 bits per heavy atom. The standard InChI is InChI=1S/C8H7I2NO3/c1-2-3-5(9)4(8(13)14)6(10)7(12)11-3/h2H2,1H3,(H,11,12)(H,13,14). The van der Waals surface area contributed by atoms with Crippen molar-refractivity contribution in [2.24, 2.45) is 0 Å². The average molecular weight is 419 g/mol. The molecule has 0 radical (unpaired) electrons. The number of carboxylic acid groups (broad SMARTS) is 1. The van der Waals surface area contributed by atoms with Crippen molar-refractivity contribution in [3.8, 4) is 0 Å². The van der Waals surface area contributed by atoms with Gasteiger partial charge in [0.2, 0.25) is 0 Å². The molecular formula is C8H7I2NO3. The summed E-state index contributed by atoms with van der Waals surface area (Å²) in [6.45, 7) is 1.87. The van der Waals surface area contributed by atoms with Crippen molar-refractivity contribution in [2.75, 3.05) is 0 Å². The molecule has 1 rings (SSSR count). The third-order valence-electron chi connectivity index (χ3n) is 1.74. The van der Waals surface area contributed by atoms with E-state index in [1.165, 1.54) is 0 Å². The molecule has 0 amide bonds. The third-order valence-corrected chi connectivity index (χ3v) is 3.95. The summed E-state index contributed by atoms with van der Waals surface area (Å²) >= 11 is 3.69. The summed E-state index contributed by atoms with van der Waals surface area (Å²) in [5, 5.41) is 8.93. The summed E-state index contributed by atoms with van der Waals surface area (Å²) in [6.07, 6.45) is 0.616. The molecule has 4 nitrogen and oxygen atoms in total. The van der Waals surface area contributed by atoms with Gasteiger partial charge in [0, 0.05) is 9.26 Å². The lowest BCUT2D eigenvalue weighted by molar-refractivity contribution is 0.0694. The maximum absolute atomic E-state index is 11.3.